The van der Waals surface area contributed by atoms with Gasteiger partial charge in [-0.2, -0.15) is 0 Å². The summed E-state index contributed by atoms with van der Waals surface area (Å²) in [4.78, 5) is 24.5. The second kappa shape index (κ2) is 4.45. The SMILES string of the molecule is C=CC[C@@H]1C[C@@]2(CN([Si](C)(C)C(C)(C)C)C2=O)OC1=O. The fourth-order valence-electron chi connectivity index (χ4n) is 2.81. The van der Waals surface area contributed by atoms with Crippen molar-refractivity contribution < 1.29 is 14.3 Å². The van der Waals surface area contributed by atoms with E-state index in [1.165, 1.54) is 0 Å². The molecule has 1 amide bonds. The molecule has 2 aliphatic heterocycles. The van der Waals surface area contributed by atoms with E-state index in [9.17, 15) is 9.59 Å². The number of carbonyl (C=O) groups excluding carboxylic acids is 2. The number of nitrogens with zero attached hydrogens (tertiary/aromatic N) is 1. The van der Waals surface area contributed by atoms with E-state index in [1.54, 1.807) is 6.08 Å². The summed E-state index contributed by atoms with van der Waals surface area (Å²) in [6, 6.07) is 0. The van der Waals surface area contributed by atoms with Gasteiger partial charge in [-0.25, -0.2) is 0 Å². The molecule has 2 aliphatic rings. The van der Waals surface area contributed by atoms with E-state index in [2.05, 4.69) is 40.4 Å². The molecule has 112 valence electrons. The summed E-state index contributed by atoms with van der Waals surface area (Å²) in [7, 11) is -1.87. The average Bonchev–Trinajstić information content (AvgIpc) is 2.65. The zero-order valence-electron chi connectivity index (χ0n) is 13.2. The summed E-state index contributed by atoms with van der Waals surface area (Å²) in [5.41, 5.74) is -0.861. The largest absolute Gasteiger partial charge is 0.447 e. The lowest BCUT2D eigenvalue weighted by molar-refractivity contribution is -0.177. The zero-order valence-corrected chi connectivity index (χ0v) is 14.2. The Labute approximate surface area is 122 Å². The number of hydrogen-bond acceptors (Lipinski definition) is 3. The van der Waals surface area contributed by atoms with Crippen LogP contribution in [0.15, 0.2) is 12.7 Å². The Morgan fingerprint density at radius 3 is 2.50 bits per heavy atom. The van der Waals surface area contributed by atoms with Gasteiger partial charge >= 0.3 is 5.97 Å². The van der Waals surface area contributed by atoms with Gasteiger partial charge in [0.1, 0.15) is 0 Å². The highest BCUT2D eigenvalue weighted by Crippen LogP contribution is 2.48. The summed E-state index contributed by atoms with van der Waals surface area (Å²) in [6.07, 6.45) is 2.83. The molecule has 0 aromatic heterocycles. The van der Waals surface area contributed by atoms with Crippen LogP contribution in [0.5, 0.6) is 0 Å². The predicted octanol–water partition coefficient (Wildman–Crippen LogP) is 2.71. The van der Waals surface area contributed by atoms with E-state index >= 15 is 0 Å². The molecule has 1 spiro atoms. The quantitative estimate of drug-likeness (QED) is 0.348. The summed E-state index contributed by atoms with van der Waals surface area (Å²) >= 11 is 0. The minimum absolute atomic E-state index is 0.0176. The highest BCUT2D eigenvalue weighted by Gasteiger charge is 2.65. The third-order valence-electron chi connectivity index (χ3n) is 5.22. The zero-order chi connectivity index (χ0) is 15.3. The summed E-state index contributed by atoms with van der Waals surface area (Å²) in [5.74, 6) is -0.421. The van der Waals surface area contributed by atoms with E-state index in [-0.39, 0.29) is 22.8 Å². The normalized spacial score (nSPS) is 30.4. The molecule has 2 saturated heterocycles. The van der Waals surface area contributed by atoms with Crippen LogP contribution in [-0.2, 0) is 14.3 Å². The number of esters is 1. The number of rotatable bonds is 3. The van der Waals surface area contributed by atoms with Crippen LogP contribution in [0.4, 0.5) is 0 Å². The molecule has 0 N–H and O–H groups in total. The number of carbonyl (C=O) groups is 2. The first kappa shape index (κ1) is 15.3. The van der Waals surface area contributed by atoms with Gasteiger partial charge in [0.2, 0.25) is 5.60 Å². The Morgan fingerprint density at radius 1 is 1.45 bits per heavy atom. The van der Waals surface area contributed by atoms with E-state index in [0.717, 1.165) is 0 Å². The smallest absolute Gasteiger partial charge is 0.310 e. The van der Waals surface area contributed by atoms with Crippen LogP contribution in [0, 0.1) is 5.92 Å². The van der Waals surface area contributed by atoms with Gasteiger partial charge in [-0.05, 0) is 11.5 Å². The molecule has 2 rings (SSSR count). The Morgan fingerprint density at radius 2 is 2.05 bits per heavy atom. The number of allylic oxidation sites excluding steroid dienone is 1. The van der Waals surface area contributed by atoms with Crippen LogP contribution in [0.25, 0.3) is 0 Å². The number of ether oxygens (including phenoxy) is 1. The lowest BCUT2D eigenvalue weighted by atomic mass is 9.86. The van der Waals surface area contributed by atoms with Crippen LogP contribution >= 0.6 is 0 Å². The first-order valence-corrected chi connectivity index (χ1v) is 10.2. The first-order valence-electron chi connectivity index (χ1n) is 7.21. The fraction of sp³-hybridized carbons (Fsp3) is 0.733. The van der Waals surface area contributed by atoms with Gasteiger partial charge in [-0.1, -0.05) is 39.9 Å². The molecule has 0 saturated carbocycles. The molecule has 20 heavy (non-hydrogen) atoms. The lowest BCUT2D eigenvalue weighted by Crippen LogP contribution is -2.75. The fourth-order valence-corrected chi connectivity index (χ4v) is 4.99. The van der Waals surface area contributed by atoms with Crippen molar-refractivity contribution in [1.29, 1.82) is 0 Å². The molecule has 2 atom stereocenters. The van der Waals surface area contributed by atoms with Gasteiger partial charge in [-0.3, -0.25) is 9.59 Å². The van der Waals surface area contributed by atoms with Crippen LogP contribution in [0.3, 0.4) is 0 Å². The van der Waals surface area contributed by atoms with Gasteiger partial charge in [0.15, 0.2) is 8.24 Å². The molecule has 4 nitrogen and oxygen atoms in total. The van der Waals surface area contributed by atoms with Crippen LogP contribution < -0.4 is 0 Å². The molecule has 0 aliphatic carbocycles. The molecule has 2 fully saturated rings. The number of amides is 1. The Balaban J connectivity index is 2.14. The van der Waals surface area contributed by atoms with Gasteiger partial charge in [-0.15, -0.1) is 6.58 Å². The molecule has 0 radical (unpaired) electrons. The van der Waals surface area contributed by atoms with Crippen LogP contribution in [-0.4, -0.2) is 36.8 Å². The summed E-state index contributed by atoms with van der Waals surface area (Å²) < 4.78 is 7.43. The Hall–Kier alpha value is -1.10. The minimum Gasteiger partial charge on any atom is -0.447 e. The molecular weight excluding hydrogens is 270 g/mol. The molecule has 2 heterocycles. The van der Waals surface area contributed by atoms with Gasteiger partial charge < -0.3 is 9.30 Å². The van der Waals surface area contributed by atoms with Gasteiger partial charge in [0.25, 0.3) is 5.91 Å². The van der Waals surface area contributed by atoms with Crippen molar-refractivity contribution in [2.24, 2.45) is 5.92 Å². The standard InChI is InChI=1S/C15H25NO3Si/c1-7-8-11-9-15(19-12(11)17)10-16(13(15)18)20(5,6)14(2,3)4/h7,11H,1,8-10H2,2-6H3/t11-,15+/m1/s1. The van der Waals surface area contributed by atoms with Crippen molar-refractivity contribution in [2.75, 3.05) is 6.54 Å². The Bertz CT molecular complexity index is 466. The molecule has 0 aromatic rings. The monoisotopic (exact) mass is 295 g/mol. The maximum absolute atomic E-state index is 12.6. The van der Waals surface area contributed by atoms with Crippen molar-refractivity contribution >= 4 is 20.1 Å². The molecular formula is C15H25NO3Si. The van der Waals surface area contributed by atoms with Gasteiger partial charge in [0.05, 0.1) is 12.5 Å². The molecule has 0 aromatic carbocycles. The predicted molar refractivity (Wildman–Crippen MR) is 80.7 cm³/mol. The third kappa shape index (κ3) is 2.03. The molecule has 0 unspecified atom stereocenters. The topological polar surface area (TPSA) is 46.6 Å². The highest BCUT2D eigenvalue weighted by molar-refractivity contribution is 6.80. The van der Waals surface area contributed by atoms with E-state index in [4.69, 9.17) is 4.74 Å². The van der Waals surface area contributed by atoms with Crippen molar-refractivity contribution in [3.8, 4) is 0 Å². The summed E-state index contributed by atoms with van der Waals surface area (Å²) in [6.45, 7) is 15.2. The second-order valence-electron chi connectivity index (χ2n) is 7.54. The third-order valence-corrected chi connectivity index (χ3v) is 10.6. The first-order chi connectivity index (χ1) is 9.05. The molecule has 5 heteroatoms. The lowest BCUT2D eigenvalue weighted by Gasteiger charge is -2.56. The minimum atomic E-state index is -1.87. The van der Waals surface area contributed by atoms with E-state index < -0.39 is 13.8 Å². The second-order valence-corrected chi connectivity index (χ2v) is 12.7. The number of hydrogen-bond donors (Lipinski definition) is 0. The molecule has 0 bridgehead atoms. The van der Waals surface area contributed by atoms with E-state index in [0.29, 0.717) is 19.4 Å². The van der Waals surface area contributed by atoms with Crippen LogP contribution in [0.2, 0.25) is 18.1 Å². The summed E-state index contributed by atoms with van der Waals surface area (Å²) in [5, 5.41) is 0.105. The van der Waals surface area contributed by atoms with Gasteiger partial charge in [0, 0.05) is 6.42 Å². The van der Waals surface area contributed by atoms with E-state index in [1.807, 2.05) is 4.57 Å². The van der Waals surface area contributed by atoms with Crippen molar-refractivity contribution in [3.05, 3.63) is 12.7 Å². The van der Waals surface area contributed by atoms with Crippen molar-refractivity contribution in [3.63, 3.8) is 0 Å². The number of β-lactam (4-membered cyclic amide) rings is 1. The maximum Gasteiger partial charge on any atom is 0.310 e. The average molecular weight is 295 g/mol. The Kier molecular flexibility index (Phi) is 3.40. The van der Waals surface area contributed by atoms with Crippen LogP contribution in [0.1, 0.15) is 33.6 Å². The highest BCUT2D eigenvalue weighted by atomic mass is 28.3. The van der Waals surface area contributed by atoms with Crippen molar-refractivity contribution in [2.45, 2.75) is 57.3 Å². The van der Waals surface area contributed by atoms with Crippen molar-refractivity contribution in [1.82, 2.24) is 4.57 Å². The maximum atomic E-state index is 12.6.